The van der Waals surface area contributed by atoms with E-state index in [4.69, 9.17) is 0 Å². The maximum atomic E-state index is 12.0. The zero-order valence-corrected chi connectivity index (χ0v) is 11.8. The van der Waals surface area contributed by atoms with Crippen LogP contribution in [0, 0.1) is 6.92 Å². The van der Waals surface area contributed by atoms with Crippen molar-refractivity contribution < 1.29 is 4.79 Å². The number of nitrogens with zero attached hydrogens (tertiary/aromatic N) is 3. The molecule has 1 N–H and O–H groups in total. The van der Waals surface area contributed by atoms with Crippen LogP contribution in [0.3, 0.4) is 0 Å². The third-order valence-corrected chi connectivity index (χ3v) is 3.39. The van der Waals surface area contributed by atoms with Crippen LogP contribution >= 0.6 is 0 Å². The van der Waals surface area contributed by atoms with Gasteiger partial charge in [0.05, 0.1) is 12.1 Å². The van der Waals surface area contributed by atoms with E-state index in [1.807, 2.05) is 55.5 Å². The van der Waals surface area contributed by atoms with Gasteiger partial charge in [-0.05, 0) is 30.7 Å². The van der Waals surface area contributed by atoms with Gasteiger partial charge in [-0.2, -0.15) is 0 Å². The van der Waals surface area contributed by atoms with Gasteiger partial charge in [0.25, 0.3) is 0 Å². The molecule has 1 amide bonds. The summed E-state index contributed by atoms with van der Waals surface area (Å²) in [6.45, 7) is 2.48. The minimum absolute atomic E-state index is 0.0242. The normalized spacial score (nSPS) is 10.7. The van der Waals surface area contributed by atoms with Crippen LogP contribution < -0.4 is 5.32 Å². The highest BCUT2D eigenvalue weighted by Crippen LogP contribution is 2.14. The van der Waals surface area contributed by atoms with Gasteiger partial charge in [0.15, 0.2) is 0 Å². The lowest BCUT2D eigenvalue weighted by Crippen LogP contribution is -2.15. The highest BCUT2D eigenvalue weighted by molar-refractivity contribution is 5.91. The molecule has 1 aromatic heterocycles. The second-order valence-electron chi connectivity index (χ2n) is 4.91. The van der Waals surface area contributed by atoms with Gasteiger partial charge in [-0.3, -0.25) is 4.79 Å². The summed E-state index contributed by atoms with van der Waals surface area (Å²) in [5, 5.41) is 11.1. The largest absolute Gasteiger partial charge is 0.326 e. The Morgan fingerprint density at radius 1 is 1.14 bits per heavy atom. The number of nitrogens with one attached hydrogen (secondary N) is 1. The number of amides is 1. The number of hydrogen-bond donors (Lipinski definition) is 1. The summed E-state index contributed by atoms with van der Waals surface area (Å²) in [5.74, 6) is -0.0242. The zero-order chi connectivity index (χ0) is 14.7. The summed E-state index contributed by atoms with van der Waals surface area (Å²) in [6, 6.07) is 15.5. The number of aromatic nitrogens is 3. The molecule has 1 heterocycles. The number of carbonyl (C=O) groups excluding carboxylic acids is 1. The number of anilines is 1. The Kier molecular flexibility index (Phi) is 3.64. The van der Waals surface area contributed by atoms with Crippen LogP contribution in [0.5, 0.6) is 0 Å². The molecule has 0 atom stereocenters. The van der Waals surface area contributed by atoms with Gasteiger partial charge in [0.2, 0.25) is 5.91 Å². The molecule has 0 unspecified atom stereocenters. The van der Waals surface area contributed by atoms with Crippen molar-refractivity contribution >= 4 is 22.6 Å². The molecule has 0 spiro atoms. The van der Waals surface area contributed by atoms with Crippen molar-refractivity contribution in [3.8, 4) is 0 Å². The Morgan fingerprint density at radius 3 is 2.76 bits per heavy atom. The van der Waals surface area contributed by atoms with Crippen LogP contribution in [0.4, 0.5) is 5.69 Å². The minimum atomic E-state index is -0.0242. The topological polar surface area (TPSA) is 59.8 Å². The lowest BCUT2D eigenvalue weighted by Gasteiger charge is -2.08. The summed E-state index contributed by atoms with van der Waals surface area (Å²) < 4.78 is 1.76. The van der Waals surface area contributed by atoms with E-state index in [1.54, 1.807) is 4.68 Å². The molecule has 3 rings (SSSR count). The summed E-state index contributed by atoms with van der Waals surface area (Å²) in [4.78, 5) is 12.0. The Hall–Kier alpha value is -2.69. The predicted molar refractivity (Wildman–Crippen MR) is 82.0 cm³/mol. The molecule has 0 aliphatic heterocycles. The van der Waals surface area contributed by atoms with Gasteiger partial charge in [-0.15, -0.1) is 5.10 Å². The highest BCUT2D eigenvalue weighted by Gasteiger charge is 2.07. The van der Waals surface area contributed by atoms with Crippen molar-refractivity contribution in [2.75, 3.05) is 5.32 Å². The third kappa shape index (κ3) is 2.91. The van der Waals surface area contributed by atoms with Crippen LogP contribution in [0.2, 0.25) is 0 Å². The molecule has 106 valence electrons. The maximum Gasteiger partial charge on any atom is 0.226 e. The molecule has 0 bridgehead atoms. The first-order valence-electron chi connectivity index (χ1n) is 6.88. The van der Waals surface area contributed by atoms with E-state index in [0.717, 1.165) is 22.3 Å². The van der Waals surface area contributed by atoms with Crippen molar-refractivity contribution in [3.63, 3.8) is 0 Å². The fourth-order valence-electron chi connectivity index (χ4n) is 2.22. The number of aryl methyl sites for hydroxylation is 2. The molecule has 0 saturated heterocycles. The van der Waals surface area contributed by atoms with Crippen molar-refractivity contribution in [1.29, 1.82) is 0 Å². The first kappa shape index (κ1) is 13.3. The molecular weight excluding hydrogens is 264 g/mol. The van der Waals surface area contributed by atoms with Crippen LogP contribution in [-0.4, -0.2) is 20.9 Å². The average Bonchev–Trinajstić information content (AvgIpc) is 2.91. The van der Waals surface area contributed by atoms with E-state index >= 15 is 0 Å². The molecule has 0 saturated carbocycles. The van der Waals surface area contributed by atoms with E-state index in [9.17, 15) is 4.79 Å². The maximum absolute atomic E-state index is 12.0. The van der Waals surface area contributed by atoms with E-state index in [1.165, 1.54) is 0 Å². The second-order valence-corrected chi connectivity index (χ2v) is 4.91. The first-order chi connectivity index (χ1) is 10.2. The fraction of sp³-hybridized carbons (Fsp3) is 0.188. The van der Waals surface area contributed by atoms with Crippen LogP contribution in [-0.2, 0) is 11.3 Å². The summed E-state index contributed by atoms with van der Waals surface area (Å²) in [5.41, 5.74) is 3.70. The van der Waals surface area contributed by atoms with E-state index in [2.05, 4.69) is 15.6 Å². The second kappa shape index (κ2) is 5.75. The number of rotatable bonds is 4. The lowest BCUT2D eigenvalue weighted by molar-refractivity contribution is -0.116. The molecule has 0 radical (unpaired) electrons. The molecule has 0 aliphatic rings. The Bertz CT molecular complexity index is 779. The Balaban J connectivity index is 1.65. The first-order valence-corrected chi connectivity index (χ1v) is 6.88. The molecule has 2 aromatic carbocycles. The van der Waals surface area contributed by atoms with Gasteiger partial charge in [-0.25, -0.2) is 4.68 Å². The van der Waals surface area contributed by atoms with Gasteiger partial charge >= 0.3 is 0 Å². The quantitative estimate of drug-likeness (QED) is 0.799. The molecule has 3 aromatic rings. The van der Waals surface area contributed by atoms with Crippen molar-refractivity contribution in [2.45, 2.75) is 19.9 Å². The standard InChI is InChI=1S/C16H16N4O/c1-12-6-2-3-7-13(12)17-16(21)10-11-20-15-9-5-4-8-14(15)18-19-20/h2-9H,10-11H2,1H3,(H,17,21). The number of hydrogen-bond acceptors (Lipinski definition) is 3. The Labute approximate surface area is 122 Å². The van der Waals surface area contributed by atoms with Crippen LogP contribution in [0.25, 0.3) is 11.0 Å². The number of para-hydroxylation sites is 2. The van der Waals surface area contributed by atoms with E-state index in [0.29, 0.717) is 13.0 Å². The molecule has 0 fully saturated rings. The summed E-state index contributed by atoms with van der Waals surface area (Å²) >= 11 is 0. The average molecular weight is 280 g/mol. The predicted octanol–water partition coefficient (Wildman–Crippen LogP) is 2.77. The highest BCUT2D eigenvalue weighted by atomic mass is 16.1. The fourth-order valence-corrected chi connectivity index (χ4v) is 2.22. The van der Waals surface area contributed by atoms with Crippen molar-refractivity contribution in [2.24, 2.45) is 0 Å². The van der Waals surface area contributed by atoms with Crippen molar-refractivity contribution in [1.82, 2.24) is 15.0 Å². The van der Waals surface area contributed by atoms with Gasteiger partial charge in [0.1, 0.15) is 5.52 Å². The van der Waals surface area contributed by atoms with Crippen LogP contribution in [0.15, 0.2) is 48.5 Å². The van der Waals surface area contributed by atoms with Crippen molar-refractivity contribution in [3.05, 3.63) is 54.1 Å². The third-order valence-electron chi connectivity index (χ3n) is 3.39. The van der Waals surface area contributed by atoms with Crippen LogP contribution in [0.1, 0.15) is 12.0 Å². The van der Waals surface area contributed by atoms with Gasteiger partial charge in [-0.1, -0.05) is 35.5 Å². The summed E-state index contributed by atoms with van der Waals surface area (Å²) in [7, 11) is 0. The summed E-state index contributed by atoms with van der Waals surface area (Å²) in [6.07, 6.45) is 0.363. The van der Waals surface area contributed by atoms with E-state index < -0.39 is 0 Å². The lowest BCUT2D eigenvalue weighted by atomic mass is 10.2. The molecule has 5 heteroatoms. The van der Waals surface area contributed by atoms with Gasteiger partial charge in [0, 0.05) is 12.1 Å². The molecule has 0 aliphatic carbocycles. The molecular formula is C16H16N4O. The Morgan fingerprint density at radius 2 is 1.90 bits per heavy atom. The molecule has 21 heavy (non-hydrogen) atoms. The monoisotopic (exact) mass is 280 g/mol. The zero-order valence-electron chi connectivity index (χ0n) is 11.8. The minimum Gasteiger partial charge on any atom is -0.326 e. The number of fused-ring (bicyclic) bond motifs is 1. The SMILES string of the molecule is Cc1ccccc1NC(=O)CCn1nnc2ccccc21. The number of carbonyl (C=O) groups is 1. The van der Waals surface area contributed by atoms with E-state index in [-0.39, 0.29) is 5.91 Å². The smallest absolute Gasteiger partial charge is 0.226 e. The molecule has 5 nitrogen and oxygen atoms in total. The number of benzene rings is 2. The van der Waals surface area contributed by atoms with Gasteiger partial charge < -0.3 is 5.32 Å².